The van der Waals surface area contributed by atoms with E-state index in [1.165, 1.54) is 7.11 Å². The Labute approximate surface area is 118 Å². The van der Waals surface area contributed by atoms with Gasteiger partial charge in [0.2, 0.25) is 0 Å². The molecule has 1 aliphatic heterocycles. The molecule has 0 aromatic heterocycles. The van der Waals surface area contributed by atoms with E-state index in [9.17, 15) is 9.59 Å². The molecule has 1 saturated heterocycles. The van der Waals surface area contributed by atoms with Crippen LogP contribution in [0, 0.1) is 10.8 Å². The van der Waals surface area contributed by atoms with Crippen molar-refractivity contribution in [1.29, 1.82) is 0 Å². The Balaban J connectivity index is 2.10. The maximum atomic E-state index is 12.4. The number of hydrogen-bond acceptors (Lipinski definition) is 4. The van der Waals surface area contributed by atoms with Crippen LogP contribution >= 0.6 is 0 Å². The van der Waals surface area contributed by atoms with Gasteiger partial charge in [-0.15, -0.1) is 0 Å². The van der Waals surface area contributed by atoms with Crippen LogP contribution in [0.15, 0.2) is 30.3 Å². The summed E-state index contributed by atoms with van der Waals surface area (Å²) < 4.78 is 10.5. The van der Waals surface area contributed by atoms with Crippen LogP contribution in [-0.2, 0) is 19.1 Å². The Morgan fingerprint density at radius 2 is 2.00 bits per heavy atom. The summed E-state index contributed by atoms with van der Waals surface area (Å²) in [4.78, 5) is 24.7. The number of ether oxygens (including phenoxy) is 2. The number of rotatable bonds is 2. The highest BCUT2D eigenvalue weighted by atomic mass is 16.6. The molecule has 2 aliphatic rings. The summed E-state index contributed by atoms with van der Waals surface area (Å²) >= 11 is 0. The molecule has 1 aromatic rings. The number of hydrogen-bond donors (Lipinski definition) is 0. The van der Waals surface area contributed by atoms with Crippen molar-refractivity contribution < 1.29 is 19.1 Å². The molecule has 0 amide bonds. The smallest absolute Gasteiger partial charge is 0.324 e. The quantitative estimate of drug-likeness (QED) is 0.614. The second kappa shape index (κ2) is 4.33. The van der Waals surface area contributed by atoms with Gasteiger partial charge in [0.25, 0.3) is 0 Å². The molecule has 0 bridgehead atoms. The van der Waals surface area contributed by atoms with Crippen molar-refractivity contribution in [3.05, 3.63) is 35.9 Å². The maximum Gasteiger partial charge on any atom is 0.324 e. The molecule has 4 nitrogen and oxygen atoms in total. The molecule has 1 aliphatic carbocycles. The van der Waals surface area contributed by atoms with E-state index in [1.54, 1.807) is 0 Å². The fraction of sp³-hybridized carbons (Fsp3) is 0.500. The van der Waals surface area contributed by atoms with Crippen molar-refractivity contribution in [2.24, 2.45) is 10.8 Å². The van der Waals surface area contributed by atoms with Crippen molar-refractivity contribution in [3.8, 4) is 0 Å². The molecule has 0 radical (unpaired) electrons. The van der Waals surface area contributed by atoms with Crippen LogP contribution in [0.3, 0.4) is 0 Å². The average Bonchev–Trinajstić information content (AvgIpc) is 2.92. The molecule has 3 atom stereocenters. The van der Waals surface area contributed by atoms with Gasteiger partial charge in [-0.2, -0.15) is 0 Å². The summed E-state index contributed by atoms with van der Waals surface area (Å²) in [5, 5.41) is 0. The van der Waals surface area contributed by atoms with E-state index in [2.05, 4.69) is 0 Å². The zero-order chi connectivity index (χ0) is 14.4. The van der Waals surface area contributed by atoms with E-state index in [1.807, 2.05) is 37.3 Å². The third-order valence-electron chi connectivity index (χ3n) is 5.01. The monoisotopic (exact) mass is 274 g/mol. The molecule has 0 N–H and O–H groups in total. The number of esters is 2. The fourth-order valence-electron chi connectivity index (χ4n) is 3.90. The number of carbonyl (C=O) groups excluding carboxylic acids is 2. The van der Waals surface area contributed by atoms with E-state index < -0.39 is 22.8 Å². The van der Waals surface area contributed by atoms with Gasteiger partial charge in [0.15, 0.2) is 5.41 Å². The predicted molar refractivity (Wildman–Crippen MR) is 71.7 cm³/mol. The SMILES string of the molecule is COC(=O)[C@]12CCC[C@@]1(C)[C@@H](c1ccccc1)OC2=O. The molecular formula is C16H18O4. The Bertz CT molecular complexity index is 553. The third-order valence-corrected chi connectivity index (χ3v) is 5.01. The lowest BCUT2D eigenvalue weighted by atomic mass is 9.64. The zero-order valence-electron chi connectivity index (χ0n) is 11.7. The van der Waals surface area contributed by atoms with Crippen LogP contribution in [0.1, 0.15) is 37.9 Å². The second-order valence-electron chi connectivity index (χ2n) is 5.86. The Kier molecular flexibility index (Phi) is 2.85. The largest absolute Gasteiger partial charge is 0.468 e. The molecule has 1 aromatic carbocycles. The van der Waals surface area contributed by atoms with Gasteiger partial charge in [-0.25, -0.2) is 0 Å². The summed E-state index contributed by atoms with van der Waals surface area (Å²) in [5.41, 5.74) is -0.725. The topological polar surface area (TPSA) is 52.6 Å². The Morgan fingerprint density at radius 1 is 1.30 bits per heavy atom. The fourth-order valence-corrected chi connectivity index (χ4v) is 3.90. The van der Waals surface area contributed by atoms with E-state index in [0.29, 0.717) is 6.42 Å². The van der Waals surface area contributed by atoms with Gasteiger partial charge in [-0.3, -0.25) is 9.59 Å². The molecule has 4 heteroatoms. The van der Waals surface area contributed by atoms with Crippen molar-refractivity contribution >= 4 is 11.9 Å². The van der Waals surface area contributed by atoms with Gasteiger partial charge in [0.1, 0.15) is 6.10 Å². The minimum Gasteiger partial charge on any atom is -0.468 e. The van der Waals surface area contributed by atoms with Crippen LogP contribution in [0.5, 0.6) is 0 Å². The summed E-state index contributed by atoms with van der Waals surface area (Å²) in [6, 6.07) is 9.63. The van der Waals surface area contributed by atoms with Crippen molar-refractivity contribution in [2.45, 2.75) is 32.3 Å². The maximum absolute atomic E-state index is 12.4. The molecule has 1 saturated carbocycles. The van der Waals surface area contributed by atoms with E-state index in [-0.39, 0.29) is 6.10 Å². The molecular weight excluding hydrogens is 256 g/mol. The highest BCUT2D eigenvalue weighted by Crippen LogP contribution is 2.65. The average molecular weight is 274 g/mol. The van der Waals surface area contributed by atoms with Crippen molar-refractivity contribution in [2.75, 3.05) is 7.11 Å². The van der Waals surface area contributed by atoms with Gasteiger partial charge in [0.05, 0.1) is 7.11 Å². The van der Waals surface area contributed by atoms with Crippen LogP contribution in [0.4, 0.5) is 0 Å². The molecule has 1 heterocycles. The lowest BCUT2D eigenvalue weighted by molar-refractivity contribution is -0.165. The Morgan fingerprint density at radius 3 is 2.65 bits per heavy atom. The highest BCUT2D eigenvalue weighted by molar-refractivity contribution is 6.03. The predicted octanol–water partition coefficient (Wildman–Crippen LogP) is 2.63. The highest BCUT2D eigenvalue weighted by Gasteiger charge is 2.72. The van der Waals surface area contributed by atoms with Crippen LogP contribution in [0.2, 0.25) is 0 Å². The first-order valence-corrected chi connectivity index (χ1v) is 6.91. The summed E-state index contributed by atoms with van der Waals surface area (Å²) in [6.07, 6.45) is 1.76. The zero-order valence-corrected chi connectivity index (χ0v) is 11.7. The van der Waals surface area contributed by atoms with E-state index >= 15 is 0 Å². The van der Waals surface area contributed by atoms with E-state index in [4.69, 9.17) is 9.47 Å². The standard InChI is InChI=1S/C16H18O4/c1-15-9-6-10-16(15,13(17)19-2)14(18)20-12(15)11-7-4-3-5-8-11/h3-5,7-8,12H,6,9-10H2,1-2H3/t12-,15+,16+/m1/s1. The van der Waals surface area contributed by atoms with Crippen LogP contribution in [-0.4, -0.2) is 19.0 Å². The minimum atomic E-state index is -1.14. The number of cyclic esters (lactones) is 1. The van der Waals surface area contributed by atoms with Crippen LogP contribution in [0.25, 0.3) is 0 Å². The number of benzene rings is 1. The summed E-state index contributed by atoms with van der Waals surface area (Å²) in [7, 11) is 1.33. The molecule has 20 heavy (non-hydrogen) atoms. The van der Waals surface area contributed by atoms with Gasteiger partial charge in [-0.05, 0) is 18.4 Å². The molecule has 3 rings (SSSR count). The first-order valence-electron chi connectivity index (χ1n) is 6.91. The van der Waals surface area contributed by atoms with Crippen molar-refractivity contribution in [1.82, 2.24) is 0 Å². The van der Waals surface area contributed by atoms with Gasteiger partial charge < -0.3 is 9.47 Å². The van der Waals surface area contributed by atoms with Gasteiger partial charge in [-0.1, -0.05) is 43.7 Å². The van der Waals surface area contributed by atoms with Gasteiger partial charge in [0, 0.05) is 5.41 Å². The number of carbonyl (C=O) groups is 2. The lowest BCUT2D eigenvalue weighted by Gasteiger charge is -2.33. The normalized spacial score (nSPS) is 35.5. The number of fused-ring (bicyclic) bond motifs is 1. The van der Waals surface area contributed by atoms with Crippen LogP contribution < -0.4 is 0 Å². The molecule has 2 fully saturated rings. The van der Waals surface area contributed by atoms with Gasteiger partial charge >= 0.3 is 11.9 Å². The lowest BCUT2D eigenvalue weighted by Crippen LogP contribution is -2.45. The second-order valence-corrected chi connectivity index (χ2v) is 5.86. The van der Waals surface area contributed by atoms with Crippen molar-refractivity contribution in [3.63, 3.8) is 0 Å². The first-order chi connectivity index (χ1) is 9.56. The summed E-state index contributed by atoms with van der Waals surface area (Å²) in [5.74, 6) is -0.890. The minimum absolute atomic E-state index is 0.377. The molecule has 0 unspecified atom stereocenters. The molecule has 106 valence electrons. The molecule has 0 spiro atoms. The first kappa shape index (κ1) is 13.2. The number of methoxy groups -OCH3 is 1. The van der Waals surface area contributed by atoms with E-state index in [0.717, 1.165) is 18.4 Å². The third kappa shape index (κ3) is 1.42. The Hall–Kier alpha value is -1.84. The summed E-state index contributed by atoms with van der Waals surface area (Å²) in [6.45, 7) is 1.97.